The maximum absolute atomic E-state index is 5.46. The van der Waals surface area contributed by atoms with Gasteiger partial charge in [0, 0.05) is 18.8 Å². The smallest absolute Gasteiger partial charge is 0.0522 e. The molecule has 0 radical (unpaired) electrons. The Hall–Kier alpha value is -0.870. The molecule has 1 fully saturated rings. The first kappa shape index (κ1) is 12.6. The summed E-state index contributed by atoms with van der Waals surface area (Å²) in [7, 11) is 0. The predicted molar refractivity (Wildman–Crippen MR) is 68.1 cm³/mol. The number of ether oxygens (including phenoxy) is 1. The van der Waals surface area contributed by atoms with Crippen molar-refractivity contribution in [3.8, 4) is 0 Å². The third kappa shape index (κ3) is 4.13. The van der Waals surface area contributed by atoms with Gasteiger partial charge in [-0.05, 0) is 50.6 Å². The van der Waals surface area contributed by atoms with Crippen LogP contribution in [0.25, 0.3) is 0 Å². The molecule has 1 saturated heterocycles. The summed E-state index contributed by atoms with van der Waals surface area (Å²) < 4.78 is 5.46. The van der Waals surface area contributed by atoms with E-state index in [0.717, 1.165) is 38.6 Å². The Morgan fingerprint density at radius 3 is 3.24 bits per heavy atom. The van der Waals surface area contributed by atoms with Gasteiger partial charge in [-0.3, -0.25) is 5.10 Å². The Balaban J connectivity index is 1.53. The third-order valence-electron chi connectivity index (χ3n) is 3.42. The van der Waals surface area contributed by atoms with E-state index in [4.69, 9.17) is 4.74 Å². The molecule has 1 atom stereocenters. The van der Waals surface area contributed by atoms with Crippen LogP contribution in [0.15, 0.2) is 6.20 Å². The molecule has 1 unspecified atom stereocenters. The van der Waals surface area contributed by atoms with Gasteiger partial charge in [0.15, 0.2) is 0 Å². The van der Waals surface area contributed by atoms with Gasteiger partial charge in [0.1, 0.15) is 0 Å². The van der Waals surface area contributed by atoms with Gasteiger partial charge in [0.05, 0.1) is 12.8 Å². The molecule has 2 N–H and O–H groups in total. The number of rotatable bonds is 6. The van der Waals surface area contributed by atoms with E-state index in [9.17, 15) is 0 Å². The number of H-pyrrole nitrogens is 1. The summed E-state index contributed by atoms with van der Waals surface area (Å²) in [5, 5.41) is 10.5. The van der Waals surface area contributed by atoms with E-state index in [1.165, 1.54) is 30.5 Å². The monoisotopic (exact) mass is 237 g/mol. The van der Waals surface area contributed by atoms with Crippen molar-refractivity contribution < 1.29 is 4.74 Å². The summed E-state index contributed by atoms with van der Waals surface area (Å²) in [5.74, 6) is 0.722. The highest BCUT2D eigenvalue weighted by Crippen LogP contribution is 2.12. The van der Waals surface area contributed by atoms with E-state index in [1.54, 1.807) is 0 Å². The highest BCUT2D eigenvalue weighted by molar-refractivity contribution is 5.14. The second-order valence-electron chi connectivity index (χ2n) is 4.91. The molecular formula is C13H23N3O. The topological polar surface area (TPSA) is 49.9 Å². The number of hydrogen-bond acceptors (Lipinski definition) is 3. The van der Waals surface area contributed by atoms with Crippen molar-refractivity contribution in [2.24, 2.45) is 5.92 Å². The molecule has 0 bridgehead atoms. The van der Waals surface area contributed by atoms with Crippen LogP contribution in [0.5, 0.6) is 0 Å². The van der Waals surface area contributed by atoms with E-state index < -0.39 is 0 Å². The van der Waals surface area contributed by atoms with Crippen molar-refractivity contribution in [2.45, 2.75) is 32.6 Å². The molecule has 0 aromatic carbocycles. The molecule has 0 saturated carbocycles. The van der Waals surface area contributed by atoms with Crippen LogP contribution in [0.4, 0.5) is 0 Å². The maximum Gasteiger partial charge on any atom is 0.0522 e. The number of nitrogens with zero attached hydrogens (tertiary/aromatic N) is 1. The Morgan fingerprint density at radius 1 is 1.59 bits per heavy atom. The Kier molecular flexibility index (Phi) is 5.01. The first-order chi connectivity index (χ1) is 8.36. The molecular weight excluding hydrogens is 214 g/mol. The van der Waals surface area contributed by atoms with Crippen LogP contribution in [-0.4, -0.2) is 36.5 Å². The average Bonchev–Trinajstić information content (AvgIpc) is 2.76. The van der Waals surface area contributed by atoms with E-state index in [1.807, 2.05) is 6.20 Å². The third-order valence-corrected chi connectivity index (χ3v) is 3.42. The van der Waals surface area contributed by atoms with Gasteiger partial charge in [0.2, 0.25) is 0 Å². The van der Waals surface area contributed by atoms with E-state index in [-0.39, 0.29) is 0 Å². The highest BCUT2D eigenvalue weighted by atomic mass is 16.5. The van der Waals surface area contributed by atoms with Gasteiger partial charge < -0.3 is 10.1 Å². The zero-order valence-corrected chi connectivity index (χ0v) is 10.7. The molecule has 4 nitrogen and oxygen atoms in total. The number of aromatic amines is 1. The van der Waals surface area contributed by atoms with Crippen molar-refractivity contribution in [1.82, 2.24) is 15.5 Å². The molecule has 2 heterocycles. The van der Waals surface area contributed by atoms with Crippen molar-refractivity contribution in [3.63, 3.8) is 0 Å². The largest absolute Gasteiger partial charge is 0.381 e. The summed E-state index contributed by atoms with van der Waals surface area (Å²) in [5.41, 5.74) is 2.54. The zero-order valence-electron chi connectivity index (χ0n) is 10.7. The molecule has 1 aliphatic heterocycles. The van der Waals surface area contributed by atoms with Crippen molar-refractivity contribution >= 4 is 0 Å². The summed E-state index contributed by atoms with van der Waals surface area (Å²) in [6.07, 6.45) is 6.75. The van der Waals surface area contributed by atoms with E-state index in [2.05, 4.69) is 22.4 Å². The highest BCUT2D eigenvalue weighted by Gasteiger charge is 2.12. The fraction of sp³-hybridized carbons (Fsp3) is 0.769. The molecule has 4 heteroatoms. The maximum atomic E-state index is 5.46. The van der Waals surface area contributed by atoms with Crippen LogP contribution in [0, 0.1) is 12.8 Å². The quantitative estimate of drug-likeness (QED) is 0.740. The summed E-state index contributed by atoms with van der Waals surface area (Å²) >= 11 is 0. The first-order valence-corrected chi connectivity index (χ1v) is 6.63. The fourth-order valence-corrected chi connectivity index (χ4v) is 2.31. The standard InChI is InChI=1S/C13H23N3O/c1-11-13(9-15-16-11)5-2-6-14-8-12-4-3-7-17-10-12/h9,12,14H,2-8,10H2,1H3,(H,15,16). The lowest BCUT2D eigenvalue weighted by Crippen LogP contribution is -2.29. The van der Waals surface area contributed by atoms with Crippen LogP contribution in [-0.2, 0) is 11.2 Å². The second-order valence-corrected chi connectivity index (χ2v) is 4.91. The molecule has 0 aliphatic carbocycles. The molecule has 1 aromatic rings. The van der Waals surface area contributed by atoms with Gasteiger partial charge in [-0.25, -0.2) is 0 Å². The Morgan fingerprint density at radius 2 is 2.53 bits per heavy atom. The van der Waals surface area contributed by atoms with Crippen molar-refractivity contribution in [3.05, 3.63) is 17.5 Å². The summed E-state index contributed by atoms with van der Waals surface area (Å²) in [4.78, 5) is 0. The number of hydrogen-bond donors (Lipinski definition) is 2. The SMILES string of the molecule is Cc1[nH]ncc1CCCNCC1CCCOC1. The normalized spacial score (nSPS) is 20.6. The fourth-order valence-electron chi connectivity index (χ4n) is 2.31. The second kappa shape index (κ2) is 6.77. The van der Waals surface area contributed by atoms with Gasteiger partial charge in [-0.2, -0.15) is 5.10 Å². The minimum absolute atomic E-state index is 0.722. The molecule has 2 rings (SSSR count). The Labute approximate surface area is 103 Å². The number of aryl methyl sites for hydroxylation is 2. The summed E-state index contributed by atoms with van der Waals surface area (Å²) in [6, 6.07) is 0. The van der Waals surface area contributed by atoms with Gasteiger partial charge in [-0.1, -0.05) is 0 Å². The average molecular weight is 237 g/mol. The first-order valence-electron chi connectivity index (χ1n) is 6.63. The van der Waals surface area contributed by atoms with Crippen LogP contribution in [0.1, 0.15) is 30.5 Å². The van der Waals surface area contributed by atoms with E-state index >= 15 is 0 Å². The van der Waals surface area contributed by atoms with Gasteiger partial charge in [0.25, 0.3) is 0 Å². The molecule has 96 valence electrons. The van der Waals surface area contributed by atoms with Crippen molar-refractivity contribution in [2.75, 3.05) is 26.3 Å². The summed E-state index contributed by atoms with van der Waals surface area (Å²) in [6.45, 7) is 6.16. The van der Waals surface area contributed by atoms with E-state index in [0.29, 0.717) is 0 Å². The molecule has 1 aliphatic rings. The Bertz CT molecular complexity index is 318. The molecule has 17 heavy (non-hydrogen) atoms. The van der Waals surface area contributed by atoms with Gasteiger partial charge in [-0.15, -0.1) is 0 Å². The lowest BCUT2D eigenvalue weighted by molar-refractivity contribution is 0.0549. The lowest BCUT2D eigenvalue weighted by atomic mass is 10.0. The van der Waals surface area contributed by atoms with Crippen LogP contribution in [0.3, 0.4) is 0 Å². The van der Waals surface area contributed by atoms with Crippen LogP contribution in [0.2, 0.25) is 0 Å². The minimum atomic E-state index is 0.722. The van der Waals surface area contributed by atoms with Gasteiger partial charge >= 0.3 is 0 Å². The number of aromatic nitrogens is 2. The zero-order chi connectivity index (χ0) is 11.9. The number of nitrogens with one attached hydrogen (secondary N) is 2. The van der Waals surface area contributed by atoms with Crippen LogP contribution < -0.4 is 5.32 Å². The van der Waals surface area contributed by atoms with Crippen molar-refractivity contribution in [1.29, 1.82) is 0 Å². The predicted octanol–water partition coefficient (Wildman–Crippen LogP) is 1.67. The lowest BCUT2D eigenvalue weighted by Gasteiger charge is -2.22. The minimum Gasteiger partial charge on any atom is -0.381 e. The molecule has 0 amide bonds. The molecule has 0 spiro atoms. The molecule has 1 aromatic heterocycles. The van der Waals surface area contributed by atoms with Crippen LogP contribution >= 0.6 is 0 Å².